The molecule has 0 saturated carbocycles. The van der Waals surface area contributed by atoms with Crippen LogP contribution in [0, 0.1) is 0 Å². The Kier molecular flexibility index (Phi) is 3.82. The van der Waals surface area contributed by atoms with Crippen LogP contribution in [0.25, 0.3) is 0 Å². The van der Waals surface area contributed by atoms with Crippen molar-refractivity contribution in [3.8, 4) is 5.75 Å². The Morgan fingerprint density at radius 1 is 1.16 bits per heavy atom. The summed E-state index contributed by atoms with van der Waals surface area (Å²) in [5, 5.41) is 9.51. The topological polar surface area (TPSA) is 79.2 Å². The molecule has 0 radical (unpaired) electrons. The molecule has 19 heavy (non-hydrogen) atoms. The third kappa shape index (κ3) is 2.91. The summed E-state index contributed by atoms with van der Waals surface area (Å²) in [5.41, 5.74) is 0.230. The third-order valence-corrected chi connectivity index (χ3v) is 2.54. The van der Waals surface area contributed by atoms with E-state index in [0.29, 0.717) is 0 Å². The summed E-state index contributed by atoms with van der Waals surface area (Å²) in [5.74, 6) is -0.552. The zero-order valence-corrected chi connectivity index (χ0v) is 11.2. The first kappa shape index (κ1) is 13.5. The summed E-state index contributed by atoms with van der Waals surface area (Å²) in [4.78, 5) is 24.1. The fourth-order valence-corrected chi connectivity index (χ4v) is 1.84. The summed E-state index contributed by atoms with van der Waals surface area (Å²) in [6.07, 6.45) is 0. The van der Waals surface area contributed by atoms with Gasteiger partial charge >= 0.3 is 0 Å². The van der Waals surface area contributed by atoms with Gasteiger partial charge in [0.25, 0.3) is 0 Å². The van der Waals surface area contributed by atoms with Crippen molar-refractivity contribution in [3.63, 3.8) is 0 Å². The molecule has 1 aromatic heterocycles. The average molecular weight is 299 g/mol. The molecule has 0 spiro atoms. The van der Waals surface area contributed by atoms with E-state index in [4.69, 9.17) is 23.2 Å². The maximum atomic E-state index is 11.7. The Morgan fingerprint density at radius 3 is 2.26 bits per heavy atom. The van der Waals surface area contributed by atoms with Crippen molar-refractivity contribution in [1.29, 1.82) is 0 Å². The lowest BCUT2D eigenvalue weighted by Crippen LogP contribution is -2.25. The highest BCUT2D eigenvalue weighted by molar-refractivity contribution is 6.31. The van der Waals surface area contributed by atoms with Crippen molar-refractivity contribution in [1.82, 2.24) is 15.0 Å². The van der Waals surface area contributed by atoms with Crippen molar-refractivity contribution in [3.05, 3.63) is 34.8 Å². The van der Waals surface area contributed by atoms with Gasteiger partial charge < -0.3 is 5.11 Å². The number of halogens is 2. The fourth-order valence-electron chi connectivity index (χ4n) is 1.49. The summed E-state index contributed by atoms with van der Waals surface area (Å²) >= 11 is 11.4. The SMILES string of the molecule is CC(=O)N(c1nc(Cl)nc(Cl)n1)c1ccccc1O. The van der Waals surface area contributed by atoms with Gasteiger partial charge in [-0.3, -0.25) is 4.79 Å². The van der Waals surface area contributed by atoms with Gasteiger partial charge in [-0.25, -0.2) is 4.90 Å². The van der Waals surface area contributed by atoms with Crippen LogP contribution < -0.4 is 4.90 Å². The van der Waals surface area contributed by atoms with E-state index in [1.807, 2.05) is 0 Å². The van der Waals surface area contributed by atoms with Crippen LogP contribution in [0.4, 0.5) is 11.6 Å². The quantitative estimate of drug-likeness (QED) is 0.922. The number of aromatic nitrogens is 3. The van der Waals surface area contributed by atoms with Crippen molar-refractivity contribution < 1.29 is 9.90 Å². The van der Waals surface area contributed by atoms with E-state index in [-0.39, 0.29) is 28.0 Å². The molecule has 1 N–H and O–H groups in total. The van der Waals surface area contributed by atoms with Gasteiger partial charge in [0.15, 0.2) is 0 Å². The molecule has 0 unspecified atom stereocenters. The number of para-hydroxylation sites is 2. The first-order valence-electron chi connectivity index (χ1n) is 5.15. The Hall–Kier alpha value is -1.92. The van der Waals surface area contributed by atoms with E-state index in [1.165, 1.54) is 13.0 Å². The average Bonchev–Trinajstić information content (AvgIpc) is 2.30. The van der Waals surface area contributed by atoms with Crippen LogP contribution in [0.15, 0.2) is 24.3 Å². The summed E-state index contributed by atoms with van der Waals surface area (Å²) in [6.45, 7) is 1.30. The predicted molar refractivity (Wildman–Crippen MR) is 70.8 cm³/mol. The van der Waals surface area contributed by atoms with Gasteiger partial charge in [-0.05, 0) is 35.3 Å². The van der Waals surface area contributed by atoms with Gasteiger partial charge in [-0.2, -0.15) is 15.0 Å². The number of phenolic OH excluding ortho intramolecular Hbond substituents is 1. The van der Waals surface area contributed by atoms with Crippen molar-refractivity contribution in [2.24, 2.45) is 0 Å². The number of benzene rings is 1. The molecule has 0 bridgehead atoms. The van der Waals surface area contributed by atoms with Gasteiger partial charge in [-0.1, -0.05) is 12.1 Å². The van der Waals surface area contributed by atoms with Crippen LogP contribution in [0.2, 0.25) is 10.6 Å². The molecule has 0 aliphatic carbocycles. The normalized spacial score (nSPS) is 10.3. The zero-order valence-electron chi connectivity index (χ0n) is 9.71. The molecule has 6 nitrogen and oxygen atoms in total. The Bertz CT molecular complexity index is 616. The van der Waals surface area contributed by atoms with E-state index in [0.717, 1.165) is 4.90 Å². The molecule has 0 aliphatic rings. The minimum Gasteiger partial charge on any atom is -0.506 e. The van der Waals surface area contributed by atoms with Crippen LogP contribution in [-0.4, -0.2) is 26.0 Å². The second-order valence-corrected chi connectivity index (χ2v) is 4.19. The summed E-state index contributed by atoms with van der Waals surface area (Å²) < 4.78 is 0. The first-order chi connectivity index (χ1) is 8.99. The highest BCUT2D eigenvalue weighted by Gasteiger charge is 2.21. The predicted octanol–water partition coefficient (Wildman–Crippen LogP) is 2.57. The number of rotatable bonds is 2. The molecular formula is C11H8Cl2N4O2. The minimum atomic E-state index is -0.403. The number of carbonyl (C=O) groups is 1. The molecule has 0 atom stereocenters. The van der Waals surface area contributed by atoms with Crippen molar-refractivity contribution in [2.45, 2.75) is 6.92 Å². The second kappa shape index (κ2) is 5.38. The standard InChI is InChI=1S/C11H8Cl2N4O2/c1-6(18)17(7-4-2-3-5-8(7)19)11-15-9(12)14-10(13)16-11/h2-5,19H,1H3. The number of carbonyl (C=O) groups excluding carboxylic acids is 1. The van der Waals surface area contributed by atoms with Gasteiger partial charge in [-0.15, -0.1) is 0 Å². The monoisotopic (exact) mass is 298 g/mol. The van der Waals surface area contributed by atoms with Crippen LogP contribution in [0.3, 0.4) is 0 Å². The number of hydrogen-bond acceptors (Lipinski definition) is 5. The van der Waals surface area contributed by atoms with Gasteiger partial charge in [0.1, 0.15) is 5.75 Å². The number of amides is 1. The van der Waals surface area contributed by atoms with Gasteiger partial charge in [0, 0.05) is 6.92 Å². The largest absolute Gasteiger partial charge is 0.506 e. The van der Waals surface area contributed by atoms with E-state index in [9.17, 15) is 9.90 Å². The van der Waals surface area contributed by atoms with Crippen LogP contribution >= 0.6 is 23.2 Å². The summed E-state index contributed by atoms with van der Waals surface area (Å²) in [6, 6.07) is 6.28. The first-order valence-corrected chi connectivity index (χ1v) is 5.90. The highest BCUT2D eigenvalue weighted by Crippen LogP contribution is 2.31. The zero-order chi connectivity index (χ0) is 14.0. The van der Waals surface area contributed by atoms with Crippen LogP contribution in [0.1, 0.15) is 6.92 Å². The number of nitrogens with zero attached hydrogens (tertiary/aromatic N) is 4. The molecule has 0 saturated heterocycles. The summed E-state index contributed by atoms with van der Waals surface area (Å²) in [7, 11) is 0. The number of hydrogen-bond donors (Lipinski definition) is 1. The second-order valence-electron chi connectivity index (χ2n) is 3.52. The van der Waals surface area contributed by atoms with Crippen LogP contribution in [-0.2, 0) is 4.79 Å². The maximum absolute atomic E-state index is 11.7. The fraction of sp³-hybridized carbons (Fsp3) is 0.0909. The Balaban J connectivity index is 2.58. The minimum absolute atomic E-state index is 0.0565. The molecule has 1 aromatic carbocycles. The third-order valence-electron chi connectivity index (χ3n) is 2.21. The van der Waals surface area contributed by atoms with E-state index >= 15 is 0 Å². The lowest BCUT2D eigenvalue weighted by Gasteiger charge is -2.19. The van der Waals surface area contributed by atoms with Gasteiger partial charge in [0.05, 0.1) is 5.69 Å². The highest BCUT2D eigenvalue weighted by atomic mass is 35.5. The smallest absolute Gasteiger partial charge is 0.242 e. The maximum Gasteiger partial charge on any atom is 0.242 e. The Morgan fingerprint density at radius 2 is 1.74 bits per heavy atom. The van der Waals surface area contributed by atoms with E-state index in [2.05, 4.69) is 15.0 Å². The van der Waals surface area contributed by atoms with Crippen LogP contribution in [0.5, 0.6) is 5.75 Å². The molecule has 98 valence electrons. The van der Waals surface area contributed by atoms with Crippen molar-refractivity contribution >= 4 is 40.7 Å². The van der Waals surface area contributed by atoms with E-state index < -0.39 is 5.91 Å². The lowest BCUT2D eigenvalue weighted by atomic mass is 10.2. The van der Waals surface area contributed by atoms with E-state index in [1.54, 1.807) is 18.2 Å². The number of aromatic hydroxyl groups is 1. The van der Waals surface area contributed by atoms with Crippen molar-refractivity contribution in [2.75, 3.05) is 4.90 Å². The molecule has 0 fully saturated rings. The molecule has 8 heteroatoms. The lowest BCUT2D eigenvalue weighted by molar-refractivity contribution is -0.115. The van der Waals surface area contributed by atoms with Gasteiger partial charge in [0.2, 0.25) is 22.4 Å². The molecule has 1 heterocycles. The number of phenols is 1. The Labute approximate surface area is 118 Å². The molecule has 2 aromatic rings. The molecular weight excluding hydrogens is 291 g/mol. The molecule has 2 rings (SSSR count). The number of anilines is 2. The molecule has 0 aliphatic heterocycles. The molecule has 1 amide bonds.